The van der Waals surface area contributed by atoms with E-state index in [9.17, 15) is 13.2 Å². The lowest BCUT2D eigenvalue weighted by Crippen LogP contribution is -2.28. The number of halogens is 3. The van der Waals surface area contributed by atoms with Gasteiger partial charge in [-0.1, -0.05) is 18.2 Å². The van der Waals surface area contributed by atoms with Crippen LogP contribution in [0.15, 0.2) is 24.3 Å². The summed E-state index contributed by atoms with van der Waals surface area (Å²) >= 11 is 1.50. The maximum Gasteiger partial charge on any atom is 0.414 e. The monoisotopic (exact) mass is 289 g/mol. The molecule has 0 aliphatic rings. The zero-order valence-corrected chi connectivity index (χ0v) is 11.1. The molecule has 2 aromatic rings. The van der Waals surface area contributed by atoms with Crippen LogP contribution in [0.4, 0.5) is 13.2 Å². The van der Waals surface area contributed by atoms with Gasteiger partial charge in [0, 0.05) is 21.7 Å². The Balaban J connectivity index is 2.24. The molecular weight excluding hydrogens is 275 g/mol. The molecule has 1 atom stereocenters. The molecule has 0 aliphatic heterocycles. The molecular formula is C13H14F3NOS. The molecule has 0 saturated heterocycles. The average molecular weight is 289 g/mol. The third kappa shape index (κ3) is 3.08. The van der Waals surface area contributed by atoms with E-state index >= 15 is 0 Å². The minimum Gasteiger partial charge on any atom is -0.364 e. The van der Waals surface area contributed by atoms with Crippen molar-refractivity contribution in [2.45, 2.75) is 32.4 Å². The Labute approximate surface area is 113 Å². The molecule has 19 heavy (non-hydrogen) atoms. The van der Waals surface area contributed by atoms with Crippen LogP contribution >= 0.6 is 11.3 Å². The molecule has 104 valence electrons. The fraction of sp³-hybridized carbons (Fsp3) is 0.385. The van der Waals surface area contributed by atoms with Crippen LogP contribution in [-0.4, -0.2) is 12.3 Å². The molecule has 1 unspecified atom stereocenters. The minimum atomic E-state index is -4.34. The van der Waals surface area contributed by atoms with Crippen molar-refractivity contribution in [3.05, 3.63) is 34.7 Å². The smallest absolute Gasteiger partial charge is 0.364 e. The largest absolute Gasteiger partial charge is 0.414 e. The second-order valence-electron chi connectivity index (χ2n) is 4.20. The Morgan fingerprint density at radius 2 is 2.00 bits per heavy atom. The van der Waals surface area contributed by atoms with E-state index < -0.39 is 12.3 Å². The van der Waals surface area contributed by atoms with E-state index in [1.165, 1.54) is 11.3 Å². The average Bonchev–Trinajstić information content (AvgIpc) is 2.72. The van der Waals surface area contributed by atoms with Crippen LogP contribution in [-0.2, 0) is 17.9 Å². The summed E-state index contributed by atoms with van der Waals surface area (Å²) in [4.78, 5) is 0.871. The van der Waals surface area contributed by atoms with Crippen LogP contribution in [0.2, 0.25) is 0 Å². The van der Waals surface area contributed by atoms with Crippen molar-refractivity contribution in [3.8, 4) is 0 Å². The number of hydrogen-bond donors (Lipinski definition) is 1. The molecule has 0 fully saturated rings. The van der Waals surface area contributed by atoms with E-state index in [-0.39, 0.29) is 6.61 Å². The standard InChI is InChI=1S/C13H14F3NOS/c1-8(13(14,15)16)18-7-10-9-4-2-3-5-11(9)19-12(10)6-17/h2-5,8H,6-7,17H2,1H3. The molecule has 1 aromatic heterocycles. The molecule has 0 aliphatic carbocycles. The van der Waals surface area contributed by atoms with E-state index in [4.69, 9.17) is 10.5 Å². The van der Waals surface area contributed by atoms with E-state index in [0.29, 0.717) is 6.54 Å². The zero-order chi connectivity index (χ0) is 14.0. The number of alkyl halides is 3. The lowest BCUT2D eigenvalue weighted by atomic mass is 10.1. The number of benzene rings is 1. The predicted molar refractivity (Wildman–Crippen MR) is 70.0 cm³/mol. The van der Waals surface area contributed by atoms with Crippen molar-refractivity contribution in [1.29, 1.82) is 0 Å². The van der Waals surface area contributed by atoms with Crippen LogP contribution in [0.3, 0.4) is 0 Å². The second-order valence-corrected chi connectivity index (χ2v) is 5.34. The van der Waals surface area contributed by atoms with Gasteiger partial charge in [-0.3, -0.25) is 0 Å². The molecule has 0 amide bonds. The van der Waals surface area contributed by atoms with Gasteiger partial charge in [0.25, 0.3) is 0 Å². The van der Waals surface area contributed by atoms with Crippen molar-refractivity contribution in [2.75, 3.05) is 0 Å². The summed E-state index contributed by atoms with van der Waals surface area (Å²) < 4.78 is 43.2. The summed E-state index contributed by atoms with van der Waals surface area (Å²) in [5.74, 6) is 0. The quantitative estimate of drug-likeness (QED) is 0.928. The van der Waals surface area contributed by atoms with Gasteiger partial charge in [-0.2, -0.15) is 13.2 Å². The van der Waals surface area contributed by atoms with Gasteiger partial charge >= 0.3 is 6.18 Å². The van der Waals surface area contributed by atoms with Crippen LogP contribution in [0.5, 0.6) is 0 Å². The highest BCUT2D eigenvalue weighted by Gasteiger charge is 2.37. The Morgan fingerprint density at radius 3 is 2.63 bits per heavy atom. The second kappa shape index (κ2) is 5.48. The molecule has 0 saturated carbocycles. The Bertz CT molecular complexity index is 565. The number of ether oxygens (including phenoxy) is 1. The lowest BCUT2D eigenvalue weighted by molar-refractivity contribution is -0.217. The van der Waals surface area contributed by atoms with Gasteiger partial charge in [0.05, 0.1) is 6.61 Å². The summed E-state index contributed by atoms with van der Waals surface area (Å²) in [6.45, 7) is 1.24. The first-order chi connectivity index (χ1) is 8.93. The molecule has 2 nitrogen and oxygen atoms in total. The Hall–Kier alpha value is -1.11. The van der Waals surface area contributed by atoms with Crippen molar-refractivity contribution in [2.24, 2.45) is 5.73 Å². The topological polar surface area (TPSA) is 35.2 Å². The van der Waals surface area contributed by atoms with Crippen LogP contribution in [0.25, 0.3) is 10.1 Å². The van der Waals surface area contributed by atoms with Crippen molar-refractivity contribution in [1.82, 2.24) is 0 Å². The highest BCUT2D eigenvalue weighted by molar-refractivity contribution is 7.19. The fourth-order valence-corrected chi connectivity index (χ4v) is 2.86. The van der Waals surface area contributed by atoms with Gasteiger partial charge in [-0.25, -0.2) is 0 Å². The first-order valence-corrected chi connectivity index (χ1v) is 6.62. The number of thiophene rings is 1. The highest BCUT2D eigenvalue weighted by atomic mass is 32.1. The van der Waals surface area contributed by atoms with Gasteiger partial charge in [-0.05, 0) is 18.4 Å². The van der Waals surface area contributed by atoms with Crippen LogP contribution in [0, 0.1) is 0 Å². The van der Waals surface area contributed by atoms with Gasteiger partial charge < -0.3 is 10.5 Å². The molecule has 1 aromatic carbocycles. The maximum atomic E-state index is 12.4. The molecule has 0 radical (unpaired) electrons. The number of rotatable bonds is 4. The number of fused-ring (bicyclic) bond motifs is 1. The van der Waals surface area contributed by atoms with E-state index in [2.05, 4.69) is 0 Å². The normalized spacial score (nSPS) is 13.9. The summed E-state index contributed by atoms with van der Waals surface area (Å²) in [5.41, 5.74) is 6.40. The van der Waals surface area contributed by atoms with E-state index in [1.807, 2.05) is 24.3 Å². The SMILES string of the molecule is CC(OCc1c(CN)sc2ccccc12)C(F)(F)F. The maximum absolute atomic E-state index is 12.4. The van der Waals surface area contributed by atoms with Gasteiger partial charge in [0.15, 0.2) is 6.10 Å². The number of nitrogens with two attached hydrogens (primary N) is 1. The summed E-state index contributed by atoms with van der Waals surface area (Å²) in [7, 11) is 0. The molecule has 2 rings (SSSR count). The number of hydrogen-bond acceptors (Lipinski definition) is 3. The van der Waals surface area contributed by atoms with Crippen LogP contribution < -0.4 is 5.73 Å². The Kier molecular flexibility index (Phi) is 4.13. The summed E-state index contributed by atoms with van der Waals surface area (Å²) in [6.07, 6.45) is -6.12. The third-order valence-electron chi connectivity index (χ3n) is 2.91. The van der Waals surface area contributed by atoms with Gasteiger partial charge in [-0.15, -0.1) is 11.3 Å². The molecule has 0 spiro atoms. The van der Waals surface area contributed by atoms with Gasteiger partial charge in [0.1, 0.15) is 0 Å². The van der Waals surface area contributed by atoms with Crippen molar-refractivity contribution in [3.63, 3.8) is 0 Å². The van der Waals surface area contributed by atoms with Gasteiger partial charge in [0.2, 0.25) is 0 Å². The van der Waals surface area contributed by atoms with Crippen LogP contribution in [0.1, 0.15) is 17.4 Å². The fourth-order valence-electron chi connectivity index (χ4n) is 1.78. The zero-order valence-electron chi connectivity index (χ0n) is 10.3. The molecule has 0 bridgehead atoms. The van der Waals surface area contributed by atoms with E-state index in [0.717, 1.165) is 27.5 Å². The first kappa shape index (κ1) is 14.3. The van der Waals surface area contributed by atoms with Crippen molar-refractivity contribution < 1.29 is 17.9 Å². The molecule has 1 heterocycles. The first-order valence-electron chi connectivity index (χ1n) is 5.81. The van der Waals surface area contributed by atoms with Crippen molar-refractivity contribution >= 4 is 21.4 Å². The molecule has 6 heteroatoms. The predicted octanol–water partition coefficient (Wildman–Crippen LogP) is 3.83. The molecule has 2 N–H and O–H groups in total. The van der Waals surface area contributed by atoms with E-state index in [1.54, 1.807) is 0 Å². The minimum absolute atomic E-state index is 0.0722. The lowest BCUT2D eigenvalue weighted by Gasteiger charge is -2.16. The summed E-state index contributed by atoms with van der Waals surface area (Å²) in [5, 5.41) is 0.919. The third-order valence-corrected chi connectivity index (χ3v) is 4.14. The summed E-state index contributed by atoms with van der Waals surface area (Å²) in [6, 6.07) is 7.55. The Morgan fingerprint density at radius 1 is 1.32 bits per heavy atom. The highest BCUT2D eigenvalue weighted by Crippen LogP contribution is 2.32.